The highest BCUT2D eigenvalue weighted by molar-refractivity contribution is 7.90. The molecule has 1 aromatic carbocycles. The first-order valence-corrected chi connectivity index (χ1v) is 9.56. The van der Waals surface area contributed by atoms with Crippen molar-refractivity contribution >= 4 is 15.7 Å². The van der Waals surface area contributed by atoms with Crippen molar-refractivity contribution in [2.24, 2.45) is 0 Å². The van der Waals surface area contributed by atoms with Gasteiger partial charge in [-0.25, -0.2) is 8.42 Å². The van der Waals surface area contributed by atoms with Crippen molar-refractivity contribution in [2.45, 2.75) is 37.6 Å². The van der Waals surface area contributed by atoms with Crippen LogP contribution in [0, 0.1) is 6.92 Å². The largest absolute Gasteiger partial charge is 0.334 e. The smallest absolute Gasteiger partial charge is 0.254 e. The SMILES string of the molecule is CCCN(C(=O)c1ccc(C)c(S(C)(=O)=O)c1)C1CCNC1. The van der Waals surface area contributed by atoms with E-state index >= 15 is 0 Å². The average Bonchev–Trinajstić information content (AvgIpc) is 2.97. The number of nitrogens with one attached hydrogen (secondary N) is 1. The van der Waals surface area contributed by atoms with Crippen LogP contribution in [0.5, 0.6) is 0 Å². The Kier molecular flexibility index (Phi) is 5.24. The number of carbonyl (C=O) groups is 1. The van der Waals surface area contributed by atoms with Gasteiger partial charge in [-0.3, -0.25) is 4.79 Å². The van der Waals surface area contributed by atoms with E-state index in [4.69, 9.17) is 0 Å². The van der Waals surface area contributed by atoms with Crippen LogP contribution in [0.4, 0.5) is 0 Å². The van der Waals surface area contributed by atoms with Crippen molar-refractivity contribution in [2.75, 3.05) is 25.9 Å². The molecule has 1 aliphatic heterocycles. The summed E-state index contributed by atoms with van der Waals surface area (Å²) < 4.78 is 23.7. The third-order valence-electron chi connectivity index (χ3n) is 4.04. The third kappa shape index (κ3) is 3.67. The molecule has 5 nitrogen and oxygen atoms in total. The Hall–Kier alpha value is -1.40. The van der Waals surface area contributed by atoms with Gasteiger partial charge in [-0.15, -0.1) is 0 Å². The summed E-state index contributed by atoms with van der Waals surface area (Å²) in [5.74, 6) is -0.0829. The van der Waals surface area contributed by atoms with Crippen LogP contribution in [0.3, 0.4) is 0 Å². The summed E-state index contributed by atoms with van der Waals surface area (Å²) in [4.78, 5) is 14.9. The van der Waals surface area contributed by atoms with Gasteiger partial charge < -0.3 is 10.2 Å². The number of sulfone groups is 1. The molecule has 0 aliphatic carbocycles. The molecule has 1 N–H and O–H groups in total. The number of nitrogens with zero attached hydrogens (tertiary/aromatic N) is 1. The Bertz CT molecular complexity index is 649. The maximum atomic E-state index is 12.8. The predicted octanol–water partition coefficient (Wildman–Crippen LogP) is 1.61. The number of carbonyl (C=O) groups excluding carboxylic acids is 1. The zero-order valence-electron chi connectivity index (χ0n) is 13.4. The lowest BCUT2D eigenvalue weighted by Gasteiger charge is -2.28. The first-order valence-electron chi connectivity index (χ1n) is 7.67. The normalized spacial score (nSPS) is 18.4. The highest BCUT2D eigenvalue weighted by atomic mass is 32.2. The molecule has 1 aromatic rings. The van der Waals surface area contributed by atoms with Gasteiger partial charge in [0.2, 0.25) is 0 Å². The van der Waals surface area contributed by atoms with E-state index in [9.17, 15) is 13.2 Å². The highest BCUT2D eigenvalue weighted by Gasteiger charge is 2.27. The van der Waals surface area contributed by atoms with Crippen LogP contribution in [0.2, 0.25) is 0 Å². The second-order valence-electron chi connectivity index (χ2n) is 5.90. The molecule has 0 spiro atoms. The first kappa shape index (κ1) is 17.0. The molecule has 1 fully saturated rings. The zero-order chi connectivity index (χ0) is 16.3. The molecule has 0 bridgehead atoms. The highest BCUT2D eigenvalue weighted by Crippen LogP contribution is 2.20. The van der Waals surface area contributed by atoms with Gasteiger partial charge in [-0.05, 0) is 44.0 Å². The molecule has 0 aromatic heterocycles. The third-order valence-corrected chi connectivity index (χ3v) is 5.27. The Labute approximate surface area is 132 Å². The molecular formula is C16H24N2O3S. The first-order chi connectivity index (χ1) is 10.3. The van der Waals surface area contributed by atoms with Crippen LogP contribution in [-0.2, 0) is 9.84 Å². The van der Waals surface area contributed by atoms with Crippen LogP contribution in [0.15, 0.2) is 23.1 Å². The fraction of sp³-hybridized carbons (Fsp3) is 0.562. The van der Waals surface area contributed by atoms with Gasteiger partial charge in [0.05, 0.1) is 4.90 Å². The fourth-order valence-corrected chi connectivity index (χ4v) is 3.89. The molecule has 1 heterocycles. The zero-order valence-corrected chi connectivity index (χ0v) is 14.2. The number of aryl methyl sites for hydroxylation is 1. The van der Waals surface area contributed by atoms with E-state index in [0.29, 0.717) is 17.7 Å². The Morgan fingerprint density at radius 3 is 2.68 bits per heavy atom. The van der Waals surface area contributed by atoms with E-state index in [0.717, 1.165) is 25.9 Å². The van der Waals surface area contributed by atoms with Crippen molar-refractivity contribution < 1.29 is 13.2 Å². The summed E-state index contributed by atoms with van der Waals surface area (Å²) in [5.41, 5.74) is 1.12. The number of hydrogen-bond acceptors (Lipinski definition) is 4. The molecule has 1 amide bonds. The molecule has 0 radical (unpaired) electrons. The van der Waals surface area contributed by atoms with E-state index in [2.05, 4.69) is 5.32 Å². The van der Waals surface area contributed by atoms with Crippen molar-refractivity contribution in [3.8, 4) is 0 Å². The van der Waals surface area contributed by atoms with Crippen LogP contribution < -0.4 is 5.32 Å². The molecule has 1 saturated heterocycles. The van der Waals surface area contributed by atoms with E-state index < -0.39 is 9.84 Å². The van der Waals surface area contributed by atoms with Gasteiger partial charge in [0.25, 0.3) is 5.91 Å². The minimum Gasteiger partial charge on any atom is -0.334 e. The van der Waals surface area contributed by atoms with Gasteiger partial charge in [-0.1, -0.05) is 13.0 Å². The minimum atomic E-state index is -3.33. The lowest BCUT2D eigenvalue weighted by atomic mass is 10.1. The maximum absolute atomic E-state index is 12.8. The number of benzene rings is 1. The van der Waals surface area contributed by atoms with Gasteiger partial charge in [-0.2, -0.15) is 0 Å². The summed E-state index contributed by atoms with van der Waals surface area (Å²) >= 11 is 0. The summed E-state index contributed by atoms with van der Waals surface area (Å²) in [5, 5.41) is 3.27. The summed E-state index contributed by atoms with van der Waals surface area (Å²) in [6.45, 7) is 6.19. The predicted molar refractivity (Wildman–Crippen MR) is 86.9 cm³/mol. The maximum Gasteiger partial charge on any atom is 0.254 e. The lowest BCUT2D eigenvalue weighted by molar-refractivity contribution is 0.0692. The van der Waals surface area contributed by atoms with Crippen molar-refractivity contribution in [3.05, 3.63) is 29.3 Å². The van der Waals surface area contributed by atoms with E-state index in [1.165, 1.54) is 12.3 Å². The summed E-state index contributed by atoms with van der Waals surface area (Å²) in [6, 6.07) is 5.13. The van der Waals surface area contributed by atoms with Gasteiger partial charge >= 0.3 is 0 Å². The lowest BCUT2D eigenvalue weighted by Crippen LogP contribution is -2.42. The van der Waals surface area contributed by atoms with Crippen LogP contribution in [0.25, 0.3) is 0 Å². The van der Waals surface area contributed by atoms with Crippen LogP contribution in [0.1, 0.15) is 35.7 Å². The van der Waals surface area contributed by atoms with Crippen LogP contribution in [-0.4, -0.2) is 51.2 Å². The van der Waals surface area contributed by atoms with Crippen molar-refractivity contribution in [3.63, 3.8) is 0 Å². The number of rotatable bonds is 5. The Morgan fingerprint density at radius 1 is 1.41 bits per heavy atom. The fourth-order valence-electron chi connectivity index (χ4n) is 2.89. The second-order valence-corrected chi connectivity index (χ2v) is 7.88. The standard InChI is InChI=1S/C16H24N2O3S/c1-4-9-18(14-7-8-17-11-14)16(19)13-6-5-12(2)15(10-13)22(3,20)21/h5-6,10,14,17H,4,7-9,11H2,1-3H3. The van der Waals surface area contributed by atoms with Crippen molar-refractivity contribution in [1.82, 2.24) is 10.2 Å². The van der Waals surface area contributed by atoms with E-state index in [1.54, 1.807) is 19.1 Å². The summed E-state index contributed by atoms with van der Waals surface area (Å²) in [7, 11) is -3.33. The topological polar surface area (TPSA) is 66.5 Å². The van der Waals surface area contributed by atoms with Gasteiger partial charge in [0.15, 0.2) is 9.84 Å². The molecule has 0 saturated carbocycles. The van der Waals surface area contributed by atoms with Crippen LogP contribution >= 0.6 is 0 Å². The van der Waals surface area contributed by atoms with Crippen molar-refractivity contribution in [1.29, 1.82) is 0 Å². The Morgan fingerprint density at radius 2 is 2.14 bits per heavy atom. The molecule has 122 valence electrons. The second kappa shape index (κ2) is 6.79. The Balaban J connectivity index is 2.34. The molecular weight excluding hydrogens is 300 g/mol. The molecule has 1 unspecified atom stereocenters. The van der Waals surface area contributed by atoms with Gasteiger partial charge in [0.1, 0.15) is 0 Å². The monoisotopic (exact) mass is 324 g/mol. The molecule has 1 atom stereocenters. The summed E-state index contributed by atoms with van der Waals surface area (Å²) in [6.07, 6.45) is 3.00. The van der Waals surface area contributed by atoms with E-state index in [1.807, 2.05) is 11.8 Å². The minimum absolute atomic E-state index is 0.0829. The number of hydrogen-bond donors (Lipinski definition) is 1. The average molecular weight is 324 g/mol. The van der Waals surface area contributed by atoms with Gasteiger partial charge in [0, 0.05) is 31.0 Å². The molecule has 2 rings (SSSR count). The molecule has 6 heteroatoms. The number of amides is 1. The molecule has 22 heavy (non-hydrogen) atoms. The quantitative estimate of drug-likeness (QED) is 0.894. The molecule has 1 aliphatic rings. The van der Waals surface area contributed by atoms with E-state index in [-0.39, 0.29) is 16.8 Å².